The number of amides is 1. The molecule has 0 radical (unpaired) electrons. The van der Waals surface area contributed by atoms with Gasteiger partial charge in [-0.1, -0.05) is 31.5 Å². The van der Waals surface area contributed by atoms with Crippen LogP contribution in [-0.4, -0.2) is 32.1 Å². The van der Waals surface area contributed by atoms with Crippen LogP contribution in [0, 0.1) is 0 Å². The van der Waals surface area contributed by atoms with Crippen molar-refractivity contribution in [1.29, 1.82) is 0 Å². The molecule has 4 nitrogen and oxygen atoms in total. The number of rotatable bonds is 6. The number of hydrogen-bond donors (Lipinski definition) is 2. The predicted octanol–water partition coefficient (Wildman–Crippen LogP) is 2.46. The van der Waals surface area contributed by atoms with Gasteiger partial charge in [-0.05, 0) is 38.4 Å². The van der Waals surface area contributed by atoms with Gasteiger partial charge in [0.1, 0.15) is 0 Å². The van der Waals surface area contributed by atoms with Gasteiger partial charge in [0.05, 0.1) is 6.54 Å². The van der Waals surface area contributed by atoms with Crippen molar-refractivity contribution in [2.45, 2.75) is 45.2 Å². The molecule has 2 rings (SSSR count). The molecule has 1 aromatic rings. The molecular formula is C17H27N3O. The third-order valence-electron chi connectivity index (χ3n) is 4.15. The first-order valence-corrected chi connectivity index (χ1v) is 7.96. The third kappa shape index (κ3) is 3.97. The summed E-state index contributed by atoms with van der Waals surface area (Å²) >= 11 is 0. The summed E-state index contributed by atoms with van der Waals surface area (Å²) in [5.41, 5.74) is 2.47. The molecule has 1 amide bonds. The van der Waals surface area contributed by atoms with E-state index in [9.17, 15) is 4.79 Å². The van der Waals surface area contributed by atoms with E-state index in [1.54, 1.807) is 0 Å². The number of nitrogens with one attached hydrogen (secondary N) is 2. The average molecular weight is 289 g/mol. The monoisotopic (exact) mass is 289 g/mol. The number of anilines is 1. The smallest absolute Gasteiger partial charge is 0.239 e. The largest absolute Gasteiger partial charge is 0.362 e. The number of carbonyl (C=O) groups excluding carboxylic acids is 1. The first kappa shape index (κ1) is 15.8. The molecule has 0 fully saturated rings. The van der Waals surface area contributed by atoms with Crippen LogP contribution in [-0.2, 0) is 4.79 Å². The van der Waals surface area contributed by atoms with Gasteiger partial charge in [-0.15, -0.1) is 0 Å². The van der Waals surface area contributed by atoms with Gasteiger partial charge >= 0.3 is 0 Å². The van der Waals surface area contributed by atoms with Gasteiger partial charge in [0.15, 0.2) is 0 Å². The SMILES string of the molecule is CCCC(C)NC(=O)CN1CCC(NC)c2ccccc21. The van der Waals surface area contributed by atoms with Crippen LogP contribution in [0.1, 0.15) is 44.7 Å². The first-order valence-electron chi connectivity index (χ1n) is 7.96. The molecule has 21 heavy (non-hydrogen) atoms. The molecule has 116 valence electrons. The first-order chi connectivity index (χ1) is 10.2. The highest BCUT2D eigenvalue weighted by molar-refractivity contribution is 5.82. The van der Waals surface area contributed by atoms with E-state index in [-0.39, 0.29) is 11.9 Å². The van der Waals surface area contributed by atoms with Gasteiger partial charge in [0.25, 0.3) is 0 Å². The summed E-state index contributed by atoms with van der Waals surface area (Å²) in [6, 6.07) is 9.02. The number of carbonyl (C=O) groups is 1. The van der Waals surface area contributed by atoms with Crippen LogP contribution in [0.5, 0.6) is 0 Å². The van der Waals surface area contributed by atoms with Crippen molar-refractivity contribution in [3.8, 4) is 0 Å². The lowest BCUT2D eigenvalue weighted by atomic mass is 9.96. The average Bonchev–Trinajstić information content (AvgIpc) is 2.47. The molecule has 2 N–H and O–H groups in total. The molecule has 4 heteroatoms. The van der Waals surface area contributed by atoms with E-state index in [0.717, 1.165) is 25.8 Å². The Bertz CT molecular complexity index is 475. The van der Waals surface area contributed by atoms with E-state index in [1.165, 1.54) is 11.3 Å². The van der Waals surface area contributed by atoms with Gasteiger partial charge in [-0.25, -0.2) is 0 Å². The zero-order chi connectivity index (χ0) is 15.2. The lowest BCUT2D eigenvalue weighted by Gasteiger charge is -2.35. The Balaban J connectivity index is 2.03. The van der Waals surface area contributed by atoms with Crippen LogP contribution in [0.15, 0.2) is 24.3 Å². The fourth-order valence-electron chi connectivity index (χ4n) is 3.09. The van der Waals surface area contributed by atoms with E-state index >= 15 is 0 Å². The Labute approximate surface area is 127 Å². The van der Waals surface area contributed by atoms with Gasteiger partial charge in [0.2, 0.25) is 5.91 Å². The lowest BCUT2D eigenvalue weighted by molar-refractivity contribution is -0.120. The molecular weight excluding hydrogens is 262 g/mol. The maximum absolute atomic E-state index is 12.2. The predicted molar refractivity (Wildman–Crippen MR) is 87.6 cm³/mol. The molecule has 1 heterocycles. The topological polar surface area (TPSA) is 44.4 Å². The summed E-state index contributed by atoms with van der Waals surface area (Å²) in [5.74, 6) is 0.119. The summed E-state index contributed by atoms with van der Waals surface area (Å²) in [6.07, 6.45) is 3.16. The van der Waals surface area contributed by atoms with E-state index in [4.69, 9.17) is 0 Å². The van der Waals surface area contributed by atoms with Crippen molar-refractivity contribution < 1.29 is 4.79 Å². The fraction of sp³-hybridized carbons (Fsp3) is 0.588. The second kappa shape index (κ2) is 7.46. The second-order valence-corrected chi connectivity index (χ2v) is 5.87. The fourth-order valence-corrected chi connectivity index (χ4v) is 3.09. The molecule has 1 aliphatic rings. The van der Waals surface area contributed by atoms with Crippen LogP contribution in [0.3, 0.4) is 0 Å². The minimum Gasteiger partial charge on any atom is -0.362 e. The minimum atomic E-state index is 0.119. The Kier molecular flexibility index (Phi) is 5.62. The number of fused-ring (bicyclic) bond motifs is 1. The zero-order valence-electron chi connectivity index (χ0n) is 13.4. The number of hydrogen-bond acceptors (Lipinski definition) is 3. The summed E-state index contributed by atoms with van der Waals surface area (Å²) in [6.45, 7) is 5.57. The maximum Gasteiger partial charge on any atom is 0.239 e. The van der Waals surface area contributed by atoms with Crippen LogP contribution in [0.4, 0.5) is 5.69 Å². The van der Waals surface area contributed by atoms with Crippen molar-refractivity contribution in [3.05, 3.63) is 29.8 Å². The van der Waals surface area contributed by atoms with E-state index in [0.29, 0.717) is 12.6 Å². The number of benzene rings is 1. The maximum atomic E-state index is 12.2. The van der Waals surface area contributed by atoms with Gasteiger partial charge in [0, 0.05) is 24.3 Å². The molecule has 0 spiro atoms. The van der Waals surface area contributed by atoms with Crippen LogP contribution >= 0.6 is 0 Å². The molecule has 1 aliphatic heterocycles. The molecule has 0 saturated heterocycles. The van der Waals surface area contributed by atoms with Crippen LogP contribution in [0.25, 0.3) is 0 Å². The van der Waals surface area contributed by atoms with Crippen LogP contribution in [0.2, 0.25) is 0 Å². The Hall–Kier alpha value is -1.55. The molecule has 0 aromatic heterocycles. The molecule has 0 aliphatic carbocycles. The van der Waals surface area contributed by atoms with E-state index < -0.39 is 0 Å². The molecule has 2 unspecified atom stereocenters. The third-order valence-corrected chi connectivity index (χ3v) is 4.15. The van der Waals surface area contributed by atoms with Crippen molar-refractivity contribution in [2.75, 3.05) is 25.0 Å². The number of nitrogens with zero attached hydrogens (tertiary/aromatic N) is 1. The zero-order valence-corrected chi connectivity index (χ0v) is 13.4. The van der Waals surface area contributed by atoms with Crippen LogP contribution < -0.4 is 15.5 Å². The highest BCUT2D eigenvalue weighted by Crippen LogP contribution is 2.32. The van der Waals surface area contributed by atoms with E-state index in [1.807, 2.05) is 13.1 Å². The van der Waals surface area contributed by atoms with Crippen molar-refractivity contribution in [1.82, 2.24) is 10.6 Å². The van der Waals surface area contributed by atoms with Gasteiger partial charge < -0.3 is 15.5 Å². The van der Waals surface area contributed by atoms with Crippen molar-refractivity contribution in [3.63, 3.8) is 0 Å². The Morgan fingerprint density at radius 2 is 2.19 bits per heavy atom. The summed E-state index contributed by atoms with van der Waals surface area (Å²) in [4.78, 5) is 14.4. The summed E-state index contributed by atoms with van der Waals surface area (Å²) in [5, 5.41) is 6.44. The van der Waals surface area contributed by atoms with Gasteiger partial charge in [-0.2, -0.15) is 0 Å². The van der Waals surface area contributed by atoms with Gasteiger partial charge in [-0.3, -0.25) is 4.79 Å². The molecule has 1 aromatic carbocycles. The highest BCUT2D eigenvalue weighted by Gasteiger charge is 2.24. The Morgan fingerprint density at radius 3 is 2.90 bits per heavy atom. The summed E-state index contributed by atoms with van der Waals surface area (Å²) in [7, 11) is 2.00. The molecule has 2 atom stereocenters. The lowest BCUT2D eigenvalue weighted by Crippen LogP contribution is -2.44. The standard InChI is InChI=1S/C17H27N3O/c1-4-7-13(2)19-17(21)12-20-11-10-15(18-3)14-8-5-6-9-16(14)20/h5-6,8-9,13,15,18H,4,7,10-12H2,1-3H3,(H,19,21). The highest BCUT2D eigenvalue weighted by atomic mass is 16.2. The molecule has 0 saturated carbocycles. The second-order valence-electron chi connectivity index (χ2n) is 5.87. The Morgan fingerprint density at radius 1 is 1.43 bits per heavy atom. The number of para-hydroxylation sites is 1. The van der Waals surface area contributed by atoms with Crippen molar-refractivity contribution >= 4 is 11.6 Å². The van der Waals surface area contributed by atoms with E-state index in [2.05, 4.69) is 47.6 Å². The normalized spacial score (nSPS) is 19.0. The molecule has 0 bridgehead atoms. The minimum absolute atomic E-state index is 0.119. The summed E-state index contributed by atoms with van der Waals surface area (Å²) < 4.78 is 0. The quantitative estimate of drug-likeness (QED) is 0.845. The van der Waals surface area contributed by atoms with Crippen molar-refractivity contribution in [2.24, 2.45) is 0 Å².